The van der Waals surface area contributed by atoms with Crippen LogP contribution in [0.2, 0.25) is 0 Å². The van der Waals surface area contributed by atoms with Crippen LogP contribution in [-0.4, -0.2) is 34.9 Å². The number of benzene rings is 1. The summed E-state index contributed by atoms with van der Waals surface area (Å²) in [4.78, 5) is 6.67. The molecule has 1 aromatic carbocycles. The van der Waals surface area contributed by atoms with Crippen molar-refractivity contribution in [3.63, 3.8) is 0 Å². The molecule has 1 unspecified atom stereocenters. The van der Waals surface area contributed by atoms with Gasteiger partial charge < -0.3 is 9.64 Å². The molecule has 4 rings (SSSR count). The predicted molar refractivity (Wildman–Crippen MR) is 92.2 cm³/mol. The van der Waals surface area contributed by atoms with Crippen molar-refractivity contribution in [3.05, 3.63) is 41.8 Å². The van der Waals surface area contributed by atoms with Gasteiger partial charge in [0.1, 0.15) is 11.3 Å². The average molecular weight is 344 g/mol. The maximum atomic E-state index is 13.8. The highest BCUT2D eigenvalue weighted by atomic mass is 32.1. The highest BCUT2D eigenvalue weighted by molar-refractivity contribution is 7.22. The zero-order valence-electron chi connectivity index (χ0n) is 13.3. The van der Waals surface area contributed by atoms with Crippen molar-refractivity contribution >= 4 is 26.7 Å². The summed E-state index contributed by atoms with van der Waals surface area (Å²) in [6, 6.07) is 8.81. The van der Waals surface area contributed by atoms with E-state index in [1.165, 1.54) is 17.4 Å². The minimum atomic E-state index is -0.257. The fraction of sp³-hybridized carbons (Fsp3) is 0.353. The number of aromatic nitrogens is 3. The van der Waals surface area contributed by atoms with E-state index in [4.69, 9.17) is 4.74 Å². The fourth-order valence-electron chi connectivity index (χ4n) is 2.85. The molecule has 1 fully saturated rings. The van der Waals surface area contributed by atoms with Crippen LogP contribution in [0.4, 0.5) is 9.52 Å². The Hall–Kier alpha value is -2.28. The van der Waals surface area contributed by atoms with E-state index in [-0.39, 0.29) is 5.82 Å². The van der Waals surface area contributed by atoms with Gasteiger partial charge in [-0.2, -0.15) is 5.10 Å². The van der Waals surface area contributed by atoms with Gasteiger partial charge in [-0.3, -0.25) is 0 Å². The molecule has 0 bridgehead atoms. The monoisotopic (exact) mass is 344 g/mol. The number of hydrogen-bond acceptors (Lipinski definition) is 6. The third kappa shape index (κ3) is 3.03. The van der Waals surface area contributed by atoms with Crippen LogP contribution < -0.4 is 9.64 Å². The summed E-state index contributed by atoms with van der Waals surface area (Å²) < 4.78 is 20.4. The molecule has 0 saturated carbocycles. The molecule has 1 aliphatic rings. The molecule has 24 heavy (non-hydrogen) atoms. The fourth-order valence-corrected chi connectivity index (χ4v) is 3.86. The summed E-state index contributed by atoms with van der Waals surface area (Å²) in [6.07, 6.45) is 1.03. The molecule has 0 radical (unpaired) electrons. The topological polar surface area (TPSA) is 51.1 Å². The SMILES string of the molecule is Cc1ccc(OCC2CCN(c3nc4c(F)cccc4s3)C2)nn1. The van der Waals surface area contributed by atoms with Crippen LogP contribution in [0.25, 0.3) is 10.2 Å². The van der Waals surface area contributed by atoms with Gasteiger partial charge in [-0.05, 0) is 31.5 Å². The maximum absolute atomic E-state index is 13.8. The third-order valence-electron chi connectivity index (χ3n) is 4.16. The zero-order chi connectivity index (χ0) is 16.5. The number of hydrogen-bond donors (Lipinski definition) is 0. The molecule has 1 aliphatic heterocycles. The van der Waals surface area contributed by atoms with Gasteiger partial charge in [-0.1, -0.05) is 17.4 Å². The van der Waals surface area contributed by atoms with Crippen LogP contribution in [0.5, 0.6) is 5.88 Å². The Labute approximate surface area is 143 Å². The van der Waals surface area contributed by atoms with E-state index in [2.05, 4.69) is 20.1 Å². The quantitative estimate of drug-likeness (QED) is 0.726. The van der Waals surface area contributed by atoms with Gasteiger partial charge in [0.15, 0.2) is 5.13 Å². The molecule has 0 amide bonds. The van der Waals surface area contributed by atoms with Crippen molar-refractivity contribution in [2.24, 2.45) is 5.92 Å². The summed E-state index contributed by atoms with van der Waals surface area (Å²) in [5.41, 5.74) is 1.34. The highest BCUT2D eigenvalue weighted by Crippen LogP contribution is 2.33. The molecule has 124 valence electrons. The average Bonchev–Trinajstić information content (AvgIpc) is 3.21. The van der Waals surface area contributed by atoms with Gasteiger partial charge in [0.2, 0.25) is 5.88 Å². The van der Waals surface area contributed by atoms with Crippen LogP contribution in [0.15, 0.2) is 30.3 Å². The van der Waals surface area contributed by atoms with Crippen LogP contribution in [0, 0.1) is 18.7 Å². The van der Waals surface area contributed by atoms with Crippen LogP contribution in [0.3, 0.4) is 0 Å². The van der Waals surface area contributed by atoms with E-state index in [0.29, 0.717) is 23.9 Å². The number of nitrogens with zero attached hydrogens (tertiary/aromatic N) is 4. The Bertz CT molecular complexity index is 851. The van der Waals surface area contributed by atoms with Crippen molar-refractivity contribution in [2.75, 3.05) is 24.6 Å². The van der Waals surface area contributed by atoms with Gasteiger partial charge in [0.05, 0.1) is 17.0 Å². The van der Waals surface area contributed by atoms with Gasteiger partial charge >= 0.3 is 0 Å². The van der Waals surface area contributed by atoms with E-state index in [1.807, 2.05) is 25.1 Å². The maximum Gasteiger partial charge on any atom is 0.233 e. The van der Waals surface area contributed by atoms with E-state index in [1.54, 1.807) is 6.07 Å². The molecule has 0 spiro atoms. The first-order valence-electron chi connectivity index (χ1n) is 7.92. The summed E-state index contributed by atoms with van der Waals surface area (Å²) >= 11 is 1.54. The van der Waals surface area contributed by atoms with Crippen LogP contribution in [0.1, 0.15) is 12.1 Å². The lowest BCUT2D eigenvalue weighted by molar-refractivity contribution is 0.249. The molecule has 3 aromatic rings. The number of halogens is 1. The molecular weight excluding hydrogens is 327 g/mol. The lowest BCUT2D eigenvalue weighted by atomic mass is 10.1. The lowest BCUT2D eigenvalue weighted by Gasteiger charge is -2.15. The van der Waals surface area contributed by atoms with Crippen molar-refractivity contribution < 1.29 is 9.13 Å². The lowest BCUT2D eigenvalue weighted by Crippen LogP contribution is -2.21. The number of para-hydroxylation sites is 1. The van der Waals surface area contributed by atoms with Crippen LogP contribution >= 0.6 is 11.3 Å². The second kappa shape index (κ2) is 6.32. The third-order valence-corrected chi connectivity index (χ3v) is 5.24. The first-order chi connectivity index (χ1) is 11.7. The molecule has 3 heterocycles. The number of thiazole rings is 1. The first kappa shape index (κ1) is 15.3. The van der Waals surface area contributed by atoms with Gasteiger partial charge in [0, 0.05) is 25.1 Å². The Morgan fingerprint density at radius 1 is 1.29 bits per heavy atom. The number of ether oxygens (including phenoxy) is 1. The normalized spacial score (nSPS) is 17.6. The number of aryl methyl sites for hydroxylation is 1. The van der Waals surface area contributed by atoms with E-state index in [0.717, 1.165) is 35.0 Å². The summed E-state index contributed by atoms with van der Waals surface area (Å²) in [5, 5.41) is 8.89. The zero-order valence-corrected chi connectivity index (χ0v) is 14.1. The minimum Gasteiger partial charge on any atom is -0.476 e. The molecule has 0 aliphatic carbocycles. The smallest absolute Gasteiger partial charge is 0.233 e. The number of fused-ring (bicyclic) bond motifs is 1. The van der Waals surface area contributed by atoms with Crippen molar-refractivity contribution in [1.82, 2.24) is 15.2 Å². The van der Waals surface area contributed by atoms with Crippen LogP contribution in [-0.2, 0) is 0 Å². The summed E-state index contributed by atoms with van der Waals surface area (Å²) in [7, 11) is 0. The molecular formula is C17H17FN4OS. The first-order valence-corrected chi connectivity index (χ1v) is 8.74. The van der Waals surface area contributed by atoms with Gasteiger partial charge in [-0.25, -0.2) is 9.37 Å². The summed E-state index contributed by atoms with van der Waals surface area (Å²) in [6.45, 7) is 4.27. The Kier molecular flexibility index (Phi) is 4.02. The molecule has 2 aromatic heterocycles. The summed E-state index contributed by atoms with van der Waals surface area (Å²) in [5.74, 6) is 0.707. The second-order valence-corrected chi connectivity index (χ2v) is 7.02. The molecule has 1 saturated heterocycles. The van der Waals surface area contributed by atoms with Crippen molar-refractivity contribution in [2.45, 2.75) is 13.3 Å². The highest BCUT2D eigenvalue weighted by Gasteiger charge is 2.26. The Morgan fingerprint density at radius 3 is 3.00 bits per heavy atom. The molecule has 0 N–H and O–H groups in total. The van der Waals surface area contributed by atoms with E-state index < -0.39 is 0 Å². The standard InChI is InChI=1S/C17H17FN4OS/c1-11-5-6-15(21-20-11)23-10-12-7-8-22(9-12)17-19-16-13(18)3-2-4-14(16)24-17/h2-6,12H,7-10H2,1H3. The van der Waals surface area contributed by atoms with E-state index in [9.17, 15) is 4.39 Å². The second-order valence-electron chi connectivity index (χ2n) is 6.01. The van der Waals surface area contributed by atoms with Crippen molar-refractivity contribution in [3.8, 4) is 5.88 Å². The Balaban J connectivity index is 1.40. The van der Waals surface area contributed by atoms with Gasteiger partial charge in [-0.15, -0.1) is 5.10 Å². The minimum absolute atomic E-state index is 0.257. The molecule has 1 atom stereocenters. The van der Waals surface area contributed by atoms with E-state index >= 15 is 0 Å². The number of anilines is 1. The largest absolute Gasteiger partial charge is 0.476 e. The number of rotatable bonds is 4. The Morgan fingerprint density at radius 2 is 2.21 bits per heavy atom. The molecule has 5 nitrogen and oxygen atoms in total. The predicted octanol–water partition coefficient (Wildman–Crippen LogP) is 3.44. The van der Waals surface area contributed by atoms with Crippen molar-refractivity contribution in [1.29, 1.82) is 0 Å². The van der Waals surface area contributed by atoms with Gasteiger partial charge in [0.25, 0.3) is 0 Å². The molecule has 7 heteroatoms.